The molecule has 0 aromatic rings. The van der Waals surface area contributed by atoms with E-state index in [9.17, 15) is 9.59 Å². The molecule has 0 saturated carbocycles. The van der Waals surface area contributed by atoms with Crippen molar-refractivity contribution in [3.05, 3.63) is 24.3 Å². The van der Waals surface area contributed by atoms with Gasteiger partial charge in [0.2, 0.25) is 0 Å². The fourth-order valence-corrected chi connectivity index (χ4v) is 0.476. The summed E-state index contributed by atoms with van der Waals surface area (Å²) >= 11 is 0. The van der Waals surface area contributed by atoms with E-state index in [0.29, 0.717) is 12.2 Å². The molecule has 0 aliphatic rings. The molecule has 0 bridgehead atoms. The third kappa shape index (κ3) is 4.44. The number of ether oxygens (including phenoxy) is 1. The number of esters is 1. The monoisotopic (exact) mass is 168 g/mol. The fourth-order valence-electron chi connectivity index (χ4n) is 0.476. The minimum atomic E-state index is -0.507. The molecule has 0 amide bonds. The molecule has 0 atom stereocenters. The number of rotatable bonds is 4. The predicted molar refractivity (Wildman–Crippen MR) is 45.6 cm³/mol. The normalized spacial score (nSPS) is 9.83. The summed E-state index contributed by atoms with van der Waals surface area (Å²) in [7, 11) is 0. The molecule has 3 heteroatoms. The molecule has 0 aliphatic carbocycles. The van der Waals surface area contributed by atoms with E-state index in [-0.39, 0.29) is 5.78 Å². The van der Waals surface area contributed by atoms with Crippen LogP contribution in [0.5, 0.6) is 0 Å². The van der Waals surface area contributed by atoms with E-state index < -0.39 is 5.97 Å². The average molecular weight is 168 g/mol. The SMILES string of the molecule is C=C(C)C(=O)C=CC(=O)OCC. The lowest BCUT2D eigenvalue weighted by atomic mass is 10.2. The van der Waals surface area contributed by atoms with Crippen LogP contribution in [0.4, 0.5) is 0 Å². The summed E-state index contributed by atoms with van der Waals surface area (Å²) < 4.78 is 4.56. The number of allylic oxidation sites excluding steroid dienone is 2. The lowest BCUT2D eigenvalue weighted by molar-refractivity contribution is -0.137. The van der Waals surface area contributed by atoms with E-state index in [1.165, 1.54) is 0 Å². The van der Waals surface area contributed by atoms with E-state index in [2.05, 4.69) is 11.3 Å². The van der Waals surface area contributed by atoms with Crippen molar-refractivity contribution < 1.29 is 14.3 Å². The van der Waals surface area contributed by atoms with Crippen LogP contribution in [0.2, 0.25) is 0 Å². The summed E-state index contributed by atoms with van der Waals surface area (Å²) in [6.07, 6.45) is 2.25. The van der Waals surface area contributed by atoms with Crippen LogP contribution in [0, 0.1) is 0 Å². The van der Waals surface area contributed by atoms with Gasteiger partial charge in [0.25, 0.3) is 0 Å². The first-order valence-corrected chi connectivity index (χ1v) is 3.62. The number of hydrogen-bond acceptors (Lipinski definition) is 3. The van der Waals surface area contributed by atoms with Crippen LogP contribution in [0.3, 0.4) is 0 Å². The molecule has 0 heterocycles. The van der Waals surface area contributed by atoms with Crippen molar-refractivity contribution in [3.63, 3.8) is 0 Å². The number of carbonyl (C=O) groups is 2. The Bertz CT molecular complexity index is 226. The van der Waals surface area contributed by atoms with Gasteiger partial charge in [-0.05, 0) is 25.5 Å². The van der Waals surface area contributed by atoms with Crippen molar-refractivity contribution in [1.29, 1.82) is 0 Å². The van der Waals surface area contributed by atoms with Gasteiger partial charge in [-0.3, -0.25) is 4.79 Å². The predicted octanol–water partition coefficient (Wildman–Crippen LogP) is 1.25. The second-order valence-corrected chi connectivity index (χ2v) is 2.23. The third-order valence-electron chi connectivity index (χ3n) is 1.08. The Labute approximate surface area is 71.7 Å². The van der Waals surface area contributed by atoms with Crippen LogP contribution < -0.4 is 0 Å². The van der Waals surface area contributed by atoms with E-state index in [1.807, 2.05) is 0 Å². The molecule has 0 aromatic heterocycles. The van der Waals surface area contributed by atoms with Crippen LogP contribution in [0.1, 0.15) is 13.8 Å². The van der Waals surface area contributed by atoms with Gasteiger partial charge in [0, 0.05) is 6.08 Å². The van der Waals surface area contributed by atoms with E-state index in [1.54, 1.807) is 13.8 Å². The van der Waals surface area contributed by atoms with Crippen LogP contribution in [-0.2, 0) is 14.3 Å². The molecular weight excluding hydrogens is 156 g/mol. The standard InChI is InChI=1S/C9H12O3/c1-4-12-9(11)6-5-8(10)7(2)3/h5-6H,2,4H2,1,3H3. The molecule has 0 aliphatic heterocycles. The molecule has 0 saturated heterocycles. The third-order valence-corrected chi connectivity index (χ3v) is 1.08. The van der Waals surface area contributed by atoms with Gasteiger partial charge < -0.3 is 4.74 Å². The Morgan fingerprint density at radius 2 is 2.00 bits per heavy atom. The number of ketones is 1. The molecule has 12 heavy (non-hydrogen) atoms. The highest BCUT2D eigenvalue weighted by molar-refractivity contribution is 6.05. The Kier molecular flexibility index (Phi) is 4.69. The molecule has 0 radical (unpaired) electrons. The van der Waals surface area contributed by atoms with Crippen LogP contribution in [-0.4, -0.2) is 18.4 Å². The topological polar surface area (TPSA) is 43.4 Å². The fraction of sp³-hybridized carbons (Fsp3) is 0.333. The van der Waals surface area contributed by atoms with Crippen molar-refractivity contribution in [1.82, 2.24) is 0 Å². The Hall–Kier alpha value is -1.38. The summed E-state index contributed by atoms with van der Waals surface area (Å²) in [5.41, 5.74) is 0.399. The lowest BCUT2D eigenvalue weighted by Gasteiger charge is -1.93. The summed E-state index contributed by atoms with van der Waals surface area (Å²) in [5, 5.41) is 0. The Morgan fingerprint density at radius 1 is 1.42 bits per heavy atom. The van der Waals surface area contributed by atoms with Crippen molar-refractivity contribution in [3.8, 4) is 0 Å². The Balaban J connectivity index is 3.98. The highest BCUT2D eigenvalue weighted by Crippen LogP contribution is 1.91. The summed E-state index contributed by atoms with van der Waals surface area (Å²) in [4.78, 5) is 21.5. The first-order valence-electron chi connectivity index (χ1n) is 3.62. The number of carbonyl (C=O) groups excluding carboxylic acids is 2. The van der Waals surface area contributed by atoms with Gasteiger partial charge in [0.1, 0.15) is 0 Å². The molecule has 0 fully saturated rings. The molecular formula is C9H12O3. The maximum absolute atomic E-state index is 10.9. The maximum Gasteiger partial charge on any atom is 0.330 e. The summed E-state index contributed by atoms with van der Waals surface area (Å²) in [5.74, 6) is -0.768. The van der Waals surface area contributed by atoms with Crippen LogP contribution in [0.15, 0.2) is 24.3 Å². The summed E-state index contributed by atoms with van der Waals surface area (Å²) in [6.45, 7) is 7.02. The zero-order chi connectivity index (χ0) is 9.56. The Morgan fingerprint density at radius 3 is 2.42 bits per heavy atom. The molecule has 0 spiro atoms. The maximum atomic E-state index is 10.9. The largest absolute Gasteiger partial charge is 0.463 e. The first-order chi connectivity index (χ1) is 5.57. The molecule has 66 valence electrons. The van der Waals surface area contributed by atoms with E-state index in [0.717, 1.165) is 12.2 Å². The van der Waals surface area contributed by atoms with Gasteiger partial charge in [-0.1, -0.05) is 6.58 Å². The first kappa shape index (κ1) is 10.6. The molecule has 0 rings (SSSR count). The van der Waals surface area contributed by atoms with Crippen molar-refractivity contribution in [2.24, 2.45) is 0 Å². The molecule has 0 N–H and O–H groups in total. The van der Waals surface area contributed by atoms with E-state index >= 15 is 0 Å². The lowest BCUT2D eigenvalue weighted by Crippen LogP contribution is -2.01. The number of hydrogen-bond donors (Lipinski definition) is 0. The zero-order valence-electron chi connectivity index (χ0n) is 7.29. The van der Waals surface area contributed by atoms with Crippen molar-refractivity contribution in [2.45, 2.75) is 13.8 Å². The van der Waals surface area contributed by atoms with Gasteiger partial charge >= 0.3 is 5.97 Å². The minimum absolute atomic E-state index is 0.261. The molecule has 3 nitrogen and oxygen atoms in total. The average Bonchev–Trinajstić information content (AvgIpc) is 2.00. The molecule has 0 aromatic carbocycles. The van der Waals surface area contributed by atoms with Crippen LogP contribution in [0.25, 0.3) is 0 Å². The second-order valence-electron chi connectivity index (χ2n) is 2.23. The smallest absolute Gasteiger partial charge is 0.330 e. The van der Waals surface area contributed by atoms with Crippen molar-refractivity contribution in [2.75, 3.05) is 6.61 Å². The highest BCUT2D eigenvalue weighted by Gasteiger charge is 1.98. The van der Waals surface area contributed by atoms with Gasteiger partial charge in [-0.15, -0.1) is 0 Å². The van der Waals surface area contributed by atoms with Crippen molar-refractivity contribution >= 4 is 11.8 Å². The zero-order valence-corrected chi connectivity index (χ0v) is 7.29. The summed E-state index contributed by atoms with van der Waals surface area (Å²) in [6, 6.07) is 0. The van der Waals surface area contributed by atoms with Gasteiger partial charge in [0.05, 0.1) is 6.61 Å². The highest BCUT2D eigenvalue weighted by atomic mass is 16.5. The van der Waals surface area contributed by atoms with Gasteiger partial charge in [-0.2, -0.15) is 0 Å². The van der Waals surface area contributed by atoms with Gasteiger partial charge in [-0.25, -0.2) is 4.79 Å². The quantitative estimate of drug-likeness (QED) is 0.468. The van der Waals surface area contributed by atoms with Gasteiger partial charge in [0.15, 0.2) is 5.78 Å². The van der Waals surface area contributed by atoms with Crippen LogP contribution >= 0.6 is 0 Å². The minimum Gasteiger partial charge on any atom is -0.463 e. The van der Waals surface area contributed by atoms with E-state index in [4.69, 9.17) is 0 Å². The second kappa shape index (κ2) is 5.29. The molecule has 0 unspecified atom stereocenters.